The van der Waals surface area contributed by atoms with Crippen LogP contribution in [0.5, 0.6) is 0 Å². The molecule has 1 saturated carbocycles. The van der Waals surface area contributed by atoms with Crippen molar-refractivity contribution < 1.29 is 5.21 Å². The monoisotopic (exact) mass is 144 g/mol. The highest BCUT2D eigenvalue weighted by Crippen LogP contribution is 2.20. The number of rotatable bonds is 2. The topological polar surface area (TPSA) is 61.7 Å². The Balaban J connectivity index is 2.23. The first-order valence-electron chi connectivity index (χ1n) is 3.59. The van der Waals surface area contributed by atoms with Gasteiger partial charge in [-0.3, -0.25) is 0 Å². The van der Waals surface area contributed by atoms with E-state index in [1.54, 1.807) is 0 Å². The molecule has 1 rings (SSSR count). The molecule has 1 fully saturated rings. The molecule has 4 nitrogen and oxygen atoms in total. The molecule has 0 aromatic rings. The normalized spacial score (nSPS) is 33.7. The highest BCUT2D eigenvalue weighted by Gasteiger charge is 2.20. The minimum absolute atomic E-state index is 0.00963. The quantitative estimate of drug-likeness (QED) is 0.449. The number of nitrogens with zero attached hydrogens (tertiary/aromatic N) is 1. The summed E-state index contributed by atoms with van der Waals surface area (Å²) in [6.45, 7) is 0. The zero-order valence-electron chi connectivity index (χ0n) is 5.79. The number of hydrogen-bond donors (Lipinski definition) is 2. The van der Waals surface area contributed by atoms with Crippen LogP contribution in [0.3, 0.4) is 0 Å². The molecule has 58 valence electrons. The molecule has 2 N–H and O–H groups in total. The van der Waals surface area contributed by atoms with E-state index in [1.807, 2.05) is 0 Å². The predicted molar refractivity (Wildman–Crippen MR) is 36.8 cm³/mol. The van der Waals surface area contributed by atoms with Crippen molar-refractivity contribution in [1.29, 1.82) is 0 Å². The van der Waals surface area contributed by atoms with Crippen molar-refractivity contribution in [2.45, 2.75) is 37.8 Å². The Hall–Kier alpha value is -0.480. The van der Waals surface area contributed by atoms with Gasteiger partial charge in [0.25, 0.3) is 0 Å². The molecule has 0 saturated heterocycles. The third-order valence-corrected chi connectivity index (χ3v) is 2.03. The second kappa shape index (κ2) is 3.63. The molecule has 0 radical (unpaired) electrons. The van der Waals surface area contributed by atoms with Crippen molar-refractivity contribution in [1.82, 2.24) is 5.48 Å². The van der Waals surface area contributed by atoms with Crippen LogP contribution in [0, 0.1) is 4.91 Å². The van der Waals surface area contributed by atoms with Crippen LogP contribution in [0.4, 0.5) is 0 Å². The van der Waals surface area contributed by atoms with Crippen LogP contribution >= 0.6 is 0 Å². The summed E-state index contributed by atoms with van der Waals surface area (Å²) in [6, 6.07) is 0.169. The largest absolute Gasteiger partial charge is 0.317 e. The molecule has 1 aliphatic rings. The third kappa shape index (κ3) is 1.75. The summed E-state index contributed by atoms with van der Waals surface area (Å²) in [7, 11) is 0. The van der Waals surface area contributed by atoms with E-state index in [-0.39, 0.29) is 12.1 Å². The van der Waals surface area contributed by atoms with Crippen LogP contribution in [0.2, 0.25) is 0 Å². The van der Waals surface area contributed by atoms with Crippen LogP contribution in [-0.4, -0.2) is 17.3 Å². The fourth-order valence-electron chi connectivity index (χ4n) is 1.31. The highest BCUT2D eigenvalue weighted by molar-refractivity contribution is 4.78. The lowest BCUT2D eigenvalue weighted by molar-refractivity contribution is 0.104. The summed E-state index contributed by atoms with van der Waals surface area (Å²) in [5.41, 5.74) is 2.20. The van der Waals surface area contributed by atoms with Crippen molar-refractivity contribution in [2.75, 3.05) is 0 Å². The lowest BCUT2D eigenvalue weighted by Gasteiger charge is -2.22. The molecule has 0 aromatic heterocycles. The molecule has 1 aliphatic carbocycles. The maximum atomic E-state index is 10.0. The predicted octanol–water partition coefficient (Wildman–Crippen LogP) is 1.04. The fourth-order valence-corrected chi connectivity index (χ4v) is 1.31. The lowest BCUT2D eigenvalue weighted by atomic mass is 9.92. The average molecular weight is 144 g/mol. The van der Waals surface area contributed by atoms with E-state index in [2.05, 4.69) is 10.7 Å². The van der Waals surface area contributed by atoms with Gasteiger partial charge < -0.3 is 5.21 Å². The first-order chi connectivity index (χ1) is 4.86. The SMILES string of the molecule is O=NC1CCC(NO)CC1. The number of nitrogens with one attached hydrogen (secondary N) is 1. The first-order valence-corrected chi connectivity index (χ1v) is 3.59. The third-order valence-electron chi connectivity index (χ3n) is 2.03. The van der Waals surface area contributed by atoms with Gasteiger partial charge in [0.05, 0.1) is 6.04 Å². The summed E-state index contributed by atoms with van der Waals surface area (Å²) < 4.78 is 0. The molecule has 0 aromatic carbocycles. The minimum Gasteiger partial charge on any atom is -0.317 e. The maximum Gasteiger partial charge on any atom is 0.0921 e. The number of nitroso groups, excluding NO2 is 1. The highest BCUT2D eigenvalue weighted by atomic mass is 16.5. The van der Waals surface area contributed by atoms with E-state index < -0.39 is 0 Å². The molecule has 4 heteroatoms. The Bertz CT molecular complexity index is 110. The maximum absolute atomic E-state index is 10.0. The van der Waals surface area contributed by atoms with Gasteiger partial charge in [0.2, 0.25) is 0 Å². The van der Waals surface area contributed by atoms with E-state index in [4.69, 9.17) is 5.21 Å². The van der Waals surface area contributed by atoms with Crippen LogP contribution in [0.15, 0.2) is 5.18 Å². The molecular formula is C6H12N2O2. The van der Waals surface area contributed by atoms with Crippen molar-refractivity contribution >= 4 is 0 Å². The summed E-state index contributed by atoms with van der Waals surface area (Å²) in [5.74, 6) is 0. The Morgan fingerprint density at radius 3 is 2.30 bits per heavy atom. The van der Waals surface area contributed by atoms with Crippen molar-refractivity contribution in [2.24, 2.45) is 5.18 Å². The molecular weight excluding hydrogens is 132 g/mol. The summed E-state index contributed by atoms with van der Waals surface area (Å²) >= 11 is 0. The van der Waals surface area contributed by atoms with Gasteiger partial charge in [-0.05, 0) is 25.7 Å². The summed E-state index contributed by atoms with van der Waals surface area (Å²) in [4.78, 5) is 10.0. The number of hydrogen-bond acceptors (Lipinski definition) is 4. The number of hydroxylamine groups is 1. The van der Waals surface area contributed by atoms with Gasteiger partial charge in [-0.1, -0.05) is 5.18 Å². The standard InChI is InChI=1S/C6H12N2O2/c9-7-5-1-2-6(8-10)4-3-5/h5-7,9H,1-4H2. The van der Waals surface area contributed by atoms with Crippen LogP contribution in [0.25, 0.3) is 0 Å². The fraction of sp³-hybridized carbons (Fsp3) is 1.00. The second-order valence-electron chi connectivity index (χ2n) is 2.74. The molecule has 0 spiro atoms. The van der Waals surface area contributed by atoms with Gasteiger partial charge in [0.15, 0.2) is 0 Å². The van der Waals surface area contributed by atoms with Gasteiger partial charge in [-0.15, -0.1) is 0 Å². The minimum atomic E-state index is -0.00963. The zero-order chi connectivity index (χ0) is 7.40. The van der Waals surface area contributed by atoms with E-state index >= 15 is 0 Å². The van der Waals surface area contributed by atoms with Crippen LogP contribution in [-0.2, 0) is 0 Å². The van der Waals surface area contributed by atoms with Gasteiger partial charge in [0.1, 0.15) is 0 Å². The molecule has 0 bridgehead atoms. The van der Waals surface area contributed by atoms with Crippen LogP contribution < -0.4 is 5.48 Å². The Morgan fingerprint density at radius 1 is 1.30 bits per heavy atom. The van der Waals surface area contributed by atoms with Gasteiger partial charge >= 0.3 is 0 Å². The van der Waals surface area contributed by atoms with Gasteiger partial charge in [0, 0.05) is 6.04 Å². The second-order valence-corrected chi connectivity index (χ2v) is 2.74. The van der Waals surface area contributed by atoms with Crippen LogP contribution in [0.1, 0.15) is 25.7 Å². The van der Waals surface area contributed by atoms with Gasteiger partial charge in [-0.2, -0.15) is 4.91 Å². The molecule has 0 aliphatic heterocycles. The average Bonchev–Trinajstić information content (AvgIpc) is 2.05. The zero-order valence-corrected chi connectivity index (χ0v) is 5.79. The molecule has 0 heterocycles. The van der Waals surface area contributed by atoms with Crippen molar-refractivity contribution in [3.05, 3.63) is 4.91 Å². The van der Waals surface area contributed by atoms with Gasteiger partial charge in [-0.25, -0.2) is 5.48 Å². The molecule has 0 unspecified atom stereocenters. The molecule has 0 atom stereocenters. The van der Waals surface area contributed by atoms with E-state index in [9.17, 15) is 4.91 Å². The van der Waals surface area contributed by atoms with E-state index in [0.717, 1.165) is 25.7 Å². The summed E-state index contributed by atoms with van der Waals surface area (Å²) in [6.07, 6.45) is 3.32. The Morgan fingerprint density at radius 2 is 1.90 bits per heavy atom. The molecule has 0 amide bonds. The molecule has 10 heavy (non-hydrogen) atoms. The Kier molecular flexibility index (Phi) is 2.77. The van der Waals surface area contributed by atoms with Crippen molar-refractivity contribution in [3.63, 3.8) is 0 Å². The Labute approximate surface area is 59.6 Å². The smallest absolute Gasteiger partial charge is 0.0921 e. The van der Waals surface area contributed by atoms with Crippen molar-refractivity contribution in [3.8, 4) is 0 Å². The first kappa shape index (κ1) is 7.63. The summed E-state index contributed by atoms with van der Waals surface area (Å²) in [5, 5.41) is 11.4. The van der Waals surface area contributed by atoms with E-state index in [0.29, 0.717) is 0 Å². The lowest BCUT2D eigenvalue weighted by Crippen LogP contribution is -2.31. The van der Waals surface area contributed by atoms with E-state index in [1.165, 1.54) is 0 Å².